The molecule has 8 nitrogen and oxygen atoms in total. The molecule has 158 valence electrons. The molecular weight excluding hydrogens is 406 g/mol. The van der Waals surface area contributed by atoms with Gasteiger partial charge in [-0.05, 0) is 46.2 Å². The fraction of sp³-hybridized carbons (Fsp3) is 0.444. The van der Waals surface area contributed by atoms with Gasteiger partial charge in [0.1, 0.15) is 16.7 Å². The average molecular weight is 428 g/mol. The number of alkyl halides is 2. The second-order valence-electron chi connectivity index (χ2n) is 6.70. The summed E-state index contributed by atoms with van der Waals surface area (Å²) in [6, 6.07) is 0.247. The maximum Gasteiger partial charge on any atom is 0.341 e. The highest BCUT2D eigenvalue weighted by molar-refractivity contribution is 7.18. The number of rotatable bonds is 7. The van der Waals surface area contributed by atoms with E-state index in [1.807, 2.05) is 0 Å². The number of aryl methyl sites for hydroxylation is 1. The number of nitrogens with zero attached hydrogens (tertiary/aromatic N) is 2. The Hall–Kier alpha value is -2.82. The van der Waals surface area contributed by atoms with Gasteiger partial charge in [0.2, 0.25) is 5.91 Å². The van der Waals surface area contributed by atoms with E-state index < -0.39 is 42.0 Å². The minimum Gasteiger partial charge on any atom is -0.459 e. The lowest BCUT2D eigenvalue weighted by atomic mass is 10.1. The molecule has 0 aliphatic heterocycles. The third-order valence-corrected chi connectivity index (χ3v) is 5.29. The number of primary amides is 1. The summed E-state index contributed by atoms with van der Waals surface area (Å²) in [6.45, 7) is 7.88. The van der Waals surface area contributed by atoms with Gasteiger partial charge in [-0.15, -0.1) is 11.3 Å². The Bertz CT molecular complexity index is 952. The van der Waals surface area contributed by atoms with Crippen LogP contribution in [0.5, 0.6) is 0 Å². The van der Waals surface area contributed by atoms with E-state index in [-0.39, 0.29) is 15.4 Å². The highest BCUT2D eigenvalue weighted by Crippen LogP contribution is 2.34. The van der Waals surface area contributed by atoms with Gasteiger partial charge in [-0.1, -0.05) is 0 Å². The van der Waals surface area contributed by atoms with Crippen LogP contribution in [-0.2, 0) is 9.53 Å². The Balaban J connectivity index is 2.37. The van der Waals surface area contributed by atoms with Crippen LogP contribution in [0.3, 0.4) is 0 Å². The summed E-state index contributed by atoms with van der Waals surface area (Å²) in [7, 11) is 0. The maximum absolute atomic E-state index is 12.9. The molecule has 2 aromatic heterocycles. The largest absolute Gasteiger partial charge is 0.459 e. The number of carbonyl (C=O) groups is 3. The molecule has 29 heavy (non-hydrogen) atoms. The minimum absolute atomic E-state index is 0.0310. The van der Waals surface area contributed by atoms with Gasteiger partial charge in [0.05, 0.1) is 16.5 Å². The molecule has 2 amide bonds. The van der Waals surface area contributed by atoms with Crippen molar-refractivity contribution in [3.8, 4) is 0 Å². The molecule has 0 saturated carbocycles. The fourth-order valence-electron chi connectivity index (χ4n) is 2.69. The standard InChI is InChI=1S/C18H22F2N4O4S/c1-7(2)28-18(27)12-9(4)13(15(21)25)29-17(12)22-16(26)10(5)24-8(3)6-11(23-24)14(19)20/h6-7,10,14H,1-5H3,(H2,21,25)(H,22,26). The van der Waals surface area contributed by atoms with Crippen molar-refractivity contribution in [3.63, 3.8) is 0 Å². The van der Waals surface area contributed by atoms with E-state index in [0.29, 0.717) is 11.3 Å². The minimum atomic E-state index is -2.76. The van der Waals surface area contributed by atoms with Crippen molar-refractivity contribution in [2.75, 3.05) is 5.32 Å². The zero-order chi connectivity index (χ0) is 22.0. The van der Waals surface area contributed by atoms with Crippen molar-refractivity contribution in [2.24, 2.45) is 5.73 Å². The Morgan fingerprint density at radius 1 is 1.24 bits per heavy atom. The monoisotopic (exact) mass is 428 g/mol. The Morgan fingerprint density at radius 3 is 2.34 bits per heavy atom. The molecule has 2 rings (SSSR count). The molecule has 0 radical (unpaired) electrons. The molecule has 11 heteroatoms. The maximum atomic E-state index is 12.9. The first-order valence-corrected chi connectivity index (χ1v) is 9.54. The fourth-order valence-corrected chi connectivity index (χ4v) is 3.74. The number of aromatic nitrogens is 2. The number of carbonyl (C=O) groups excluding carboxylic acids is 3. The quantitative estimate of drug-likeness (QED) is 0.656. The van der Waals surface area contributed by atoms with Crippen LogP contribution in [-0.4, -0.2) is 33.7 Å². The molecule has 2 heterocycles. The molecule has 2 aromatic rings. The van der Waals surface area contributed by atoms with Crippen molar-refractivity contribution < 1.29 is 27.9 Å². The van der Waals surface area contributed by atoms with Crippen molar-refractivity contribution in [1.82, 2.24) is 9.78 Å². The number of thiophene rings is 1. The van der Waals surface area contributed by atoms with E-state index in [1.54, 1.807) is 20.8 Å². The van der Waals surface area contributed by atoms with Crippen LogP contribution in [0.1, 0.15) is 70.2 Å². The molecule has 0 aliphatic rings. The number of amides is 2. The summed E-state index contributed by atoms with van der Waals surface area (Å²) in [6.07, 6.45) is -3.18. The smallest absolute Gasteiger partial charge is 0.341 e. The van der Waals surface area contributed by atoms with E-state index in [2.05, 4.69) is 10.4 Å². The Labute approximate surface area is 170 Å². The number of nitrogens with one attached hydrogen (secondary N) is 1. The number of hydrogen-bond donors (Lipinski definition) is 2. The van der Waals surface area contributed by atoms with Crippen LogP contribution in [0.15, 0.2) is 6.07 Å². The van der Waals surface area contributed by atoms with E-state index in [0.717, 1.165) is 11.3 Å². The molecule has 3 N–H and O–H groups in total. The number of anilines is 1. The summed E-state index contributed by atoms with van der Waals surface area (Å²) in [5.41, 5.74) is 5.62. The van der Waals surface area contributed by atoms with Gasteiger partial charge < -0.3 is 15.8 Å². The molecule has 0 saturated heterocycles. The first-order valence-electron chi connectivity index (χ1n) is 8.73. The first kappa shape index (κ1) is 22.5. The topological polar surface area (TPSA) is 116 Å². The third-order valence-electron chi connectivity index (χ3n) is 4.07. The van der Waals surface area contributed by atoms with Gasteiger partial charge in [0.25, 0.3) is 12.3 Å². The molecule has 0 fully saturated rings. The summed E-state index contributed by atoms with van der Waals surface area (Å²) >= 11 is 0.848. The molecule has 1 atom stereocenters. The van der Waals surface area contributed by atoms with Crippen molar-refractivity contribution in [2.45, 2.75) is 53.2 Å². The van der Waals surface area contributed by atoms with E-state index in [4.69, 9.17) is 10.5 Å². The van der Waals surface area contributed by atoms with Gasteiger partial charge >= 0.3 is 5.97 Å². The molecule has 0 aliphatic carbocycles. The number of nitrogens with two attached hydrogens (primary N) is 1. The van der Waals surface area contributed by atoms with Gasteiger partial charge in [-0.2, -0.15) is 5.10 Å². The van der Waals surface area contributed by atoms with Crippen LogP contribution < -0.4 is 11.1 Å². The normalized spacial score (nSPS) is 12.3. The molecular formula is C18H22F2N4O4S. The van der Waals surface area contributed by atoms with E-state index >= 15 is 0 Å². The average Bonchev–Trinajstić information content (AvgIpc) is 3.14. The highest BCUT2D eigenvalue weighted by atomic mass is 32.1. The Kier molecular flexibility index (Phi) is 6.73. The van der Waals surface area contributed by atoms with Crippen molar-refractivity contribution in [3.05, 3.63) is 33.5 Å². The zero-order valence-corrected chi connectivity index (χ0v) is 17.4. The number of halogens is 2. The lowest BCUT2D eigenvalue weighted by molar-refractivity contribution is -0.119. The predicted molar refractivity (Wildman–Crippen MR) is 103 cm³/mol. The lowest BCUT2D eigenvalue weighted by Crippen LogP contribution is -2.26. The number of hydrogen-bond acceptors (Lipinski definition) is 6. The molecule has 0 aromatic carbocycles. The Morgan fingerprint density at radius 2 is 1.86 bits per heavy atom. The second-order valence-corrected chi connectivity index (χ2v) is 7.72. The summed E-state index contributed by atoms with van der Waals surface area (Å²) in [4.78, 5) is 37.0. The van der Waals surface area contributed by atoms with Crippen LogP contribution in [0.4, 0.5) is 13.8 Å². The van der Waals surface area contributed by atoms with Gasteiger partial charge in [-0.3, -0.25) is 14.3 Å². The summed E-state index contributed by atoms with van der Waals surface area (Å²) < 4.78 is 32.1. The molecule has 1 unspecified atom stereocenters. The SMILES string of the molecule is Cc1c(C(N)=O)sc(NC(=O)C(C)n2nc(C(F)F)cc2C)c1C(=O)OC(C)C. The summed E-state index contributed by atoms with van der Waals surface area (Å²) in [5, 5.41) is 6.43. The van der Waals surface area contributed by atoms with Gasteiger partial charge in [-0.25, -0.2) is 13.6 Å². The zero-order valence-electron chi connectivity index (χ0n) is 16.6. The van der Waals surface area contributed by atoms with Crippen molar-refractivity contribution in [1.29, 1.82) is 0 Å². The number of ether oxygens (including phenoxy) is 1. The van der Waals surface area contributed by atoms with Gasteiger partial charge in [0.15, 0.2) is 0 Å². The summed E-state index contributed by atoms with van der Waals surface area (Å²) in [5.74, 6) is -2.06. The van der Waals surface area contributed by atoms with E-state index in [1.165, 1.54) is 24.6 Å². The van der Waals surface area contributed by atoms with Crippen molar-refractivity contribution >= 4 is 34.1 Å². The lowest BCUT2D eigenvalue weighted by Gasteiger charge is -2.15. The predicted octanol–water partition coefficient (Wildman–Crippen LogP) is 3.36. The van der Waals surface area contributed by atoms with Gasteiger partial charge in [0, 0.05) is 5.69 Å². The highest BCUT2D eigenvalue weighted by Gasteiger charge is 2.28. The van der Waals surface area contributed by atoms with Crippen LogP contribution in [0, 0.1) is 13.8 Å². The second kappa shape index (κ2) is 8.68. The molecule has 0 bridgehead atoms. The van der Waals surface area contributed by atoms with E-state index in [9.17, 15) is 23.2 Å². The van der Waals surface area contributed by atoms with Crippen LogP contribution in [0.2, 0.25) is 0 Å². The first-order chi connectivity index (χ1) is 13.4. The number of esters is 1. The third kappa shape index (κ3) is 4.78. The molecule has 0 spiro atoms. The van der Waals surface area contributed by atoms with Crippen LogP contribution in [0.25, 0.3) is 0 Å². The van der Waals surface area contributed by atoms with Crippen LogP contribution >= 0.6 is 11.3 Å².